The second-order valence-corrected chi connectivity index (χ2v) is 11.3. The third-order valence-corrected chi connectivity index (χ3v) is 8.27. The maximum atomic E-state index is 6.36. The fourth-order valence-electron chi connectivity index (χ4n) is 3.19. The molecule has 23 heavy (non-hydrogen) atoms. The standard InChI is InChI=1S/C20H26ClP.Au/c1-19(2,3)22(20(4,5)15-21)18-14-10-9-13-17(18)16-11-7-6-8-12-16;/h6-14H,15H2,1-5H3;. The van der Waals surface area contributed by atoms with Crippen LogP contribution < -0.4 is 5.30 Å². The summed E-state index contributed by atoms with van der Waals surface area (Å²) in [5.74, 6) is 0.680. The average molecular weight is 530 g/mol. The van der Waals surface area contributed by atoms with Crippen LogP contribution in [0.4, 0.5) is 0 Å². The SMILES string of the molecule is CC(C)(C)P(c1ccccc1-c1ccccc1)C(C)(C)CCl.[Au]. The second-order valence-electron chi connectivity index (χ2n) is 7.34. The van der Waals surface area contributed by atoms with Crippen LogP contribution >= 0.6 is 19.5 Å². The molecule has 0 spiro atoms. The molecule has 0 fully saturated rings. The van der Waals surface area contributed by atoms with E-state index in [-0.39, 0.29) is 32.7 Å². The Morgan fingerprint density at radius 3 is 1.87 bits per heavy atom. The van der Waals surface area contributed by atoms with E-state index in [0.717, 1.165) is 0 Å². The van der Waals surface area contributed by atoms with Crippen LogP contribution in [-0.4, -0.2) is 16.2 Å². The molecule has 2 aromatic carbocycles. The van der Waals surface area contributed by atoms with Gasteiger partial charge in [-0.05, 0) is 21.6 Å². The summed E-state index contributed by atoms with van der Waals surface area (Å²) in [6, 6.07) is 19.5. The second kappa shape index (κ2) is 8.32. The first-order chi connectivity index (χ1) is 10.3. The van der Waals surface area contributed by atoms with Gasteiger partial charge in [0.2, 0.25) is 0 Å². The van der Waals surface area contributed by atoms with Crippen molar-refractivity contribution in [3.63, 3.8) is 0 Å². The van der Waals surface area contributed by atoms with Gasteiger partial charge in [-0.15, -0.1) is 11.6 Å². The minimum atomic E-state index is -0.417. The van der Waals surface area contributed by atoms with Gasteiger partial charge in [0.15, 0.2) is 0 Å². The van der Waals surface area contributed by atoms with Crippen molar-refractivity contribution in [1.82, 2.24) is 0 Å². The van der Waals surface area contributed by atoms with Crippen molar-refractivity contribution in [2.75, 3.05) is 5.88 Å². The van der Waals surface area contributed by atoms with E-state index in [2.05, 4.69) is 89.2 Å². The summed E-state index contributed by atoms with van der Waals surface area (Å²) in [4.78, 5) is 0. The minimum Gasteiger partial charge on any atom is -0.126 e. The molecule has 2 rings (SSSR count). The van der Waals surface area contributed by atoms with Crippen molar-refractivity contribution in [3.8, 4) is 11.1 Å². The zero-order chi connectivity index (χ0) is 16.4. The van der Waals surface area contributed by atoms with Gasteiger partial charge in [0.05, 0.1) is 0 Å². The number of rotatable bonds is 4. The fourth-order valence-corrected chi connectivity index (χ4v) is 7.53. The van der Waals surface area contributed by atoms with Crippen LogP contribution in [0.15, 0.2) is 54.6 Å². The Kier molecular flexibility index (Phi) is 7.58. The molecule has 0 bridgehead atoms. The van der Waals surface area contributed by atoms with Crippen LogP contribution in [0.25, 0.3) is 11.1 Å². The smallest absolute Gasteiger partial charge is 0.0317 e. The normalized spacial score (nSPS) is 13.3. The molecule has 1 radical (unpaired) electrons. The quantitative estimate of drug-likeness (QED) is 0.249. The number of halogens is 1. The van der Waals surface area contributed by atoms with Gasteiger partial charge in [0.1, 0.15) is 0 Å². The summed E-state index contributed by atoms with van der Waals surface area (Å²) >= 11 is 6.36. The van der Waals surface area contributed by atoms with Crippen LogP contribution in [0.2, 0.25) is 0 Å². The molecule has 0 aliphatic carbocycles. The molecular weight excluding hydrogens is 504 g/mol. The van der Waals surface area contributed by atoms with Crippen molar-refractivity contribution >= 4 is 24.8 Å². The van der Waals surface area contributed by atoms with Gasteiger partial charge >= 0.3 is 0 Å². The first-order valence-corrected chi connectivity index (χ1v) is 9.66. The van der Waals surface area contributed by atoms with E-state index < -0.39 is 7.92 Å². The Bertz CT molecular complexity index is 617. The summed E-state index contributed by atoms with van der Waals surface area (Å²) in [5, 5.41) is 1.76. The number of benzene rings is 2. The Morgan fingerprint density at radius 1 is 0.826 bits per heavy atom. The van der Waals surface area contributed by atoms with Crippen LogP contribution in [0.5, 0.6) is 0 Å². The van der Waals surface area contributed by atoms with Gasteiger partial charge in [-0.3, -0.25) is 0 Å². The largest absolute Gasteiger partial charge is 0.126 e. The summed E-state index contributed by atoms with van der Waals surface area (Å²) in [6.45, 7) is 11.6. The molecule has 1 unspecified atom stereocenters. The van der Waals surface area contributed by atoms with Crippen molar-refractivity contribution in [2.45, 2.75) is 44.9 Å². The molecule has 0 amide bonds. The van der Waals surface area contributed by atoms with E-state index in [9.17, 15) is 0 Å². The summed E-state index contributed by atoms with van der Waals surface area (Å²) < 4.78 is 0. The summed E-state index contributed by atoms with van der Waals surface area (Å²) in [6.07, 6.45) is 0. The molecule has 1 atom stereocenters. The van der Waals surface area contributed by atoms with Gasteiger partial charge in [-0.25, -0.2) is 0 Å². The van der Waals surface area contributed by atoms with Crippen molar-refractivity contribution in [1.29, 1.82) is 0 Å². The van der Waals surface area contributed by atoms with Crippen LogP contribution in [0.3, 0.4) is 0 Å². The van der Waals surface area contributed by atoms with E-state index in [1.165, 1.54) is 16.4 Å². The molecule has 129 valence electrons. The zero-order valence-corrected chi connectivity index (χ0v) is 18.3. The van der Waals surface area contributed by atoms with Gasteiger partial charge in [-0.1, -0.05) is 97.1 Å². The third-order valence-electron chi connectivity index (χ3n) is 3.83. The maximum Gasteiger partial charge on any atom is 0.0317 e. The summed E-state index contributed by atoms with van der Waals surface area (Å²) in [5.41, 5.74) is 2.64. The van der Waals surface area contributed by atoms with Gasteiger partial charge in [-0.2, -0.15) is 0 Å². The van der Waals surface area contributed by atoms with E-state index in [4.69, 9.17) is 11.6 Å². The Hall–Kier alpha value is -0.0997. The van der Waals surface area contributed by atoms with E-state index in [1.54, 1.807) is 0 Å². The van der Waals surface area contributed by atoms with Gasteiger partial charge in [0, 0.05) is 33.4 Å². The Balaban J connectivity index is 0.00000264. The molecule has 0 aliphatic rings. The van der Waals surface area contributed by atoms with Crippen LogP contribution in [0.1, 0.15) is 34.6 Å². The predicted molar refractivity (Wildman–Crippen MR) is 103 cm³/mol. The molecule has 3 heteroatoms. The van der Waals surface area contributed by atoms with E-state index >= 15 is 0 Å². The number of hydrogen-bond acceptors (Lipinski definition) is 0. The fraction of sp³-hybridized carbons (Fsp3) is 0.400. The molecule has 0 saturated carbocycles. The van der Waals surface area contributed by atoms with Crippen LogP contribution in [0, 0.1) is 0 Å². The molecule has 0 aromatic heterocycles. The molecule has 0 aliphatic heterocycles. The zero-order valence-electron chi connectivity index (χ0n) is 14.5. The monoisotopic (exact) mass is 529 g/mol. The molecule has 0 saturated heterocycles. The van der Waals surface area contributed by atoms with Gasteiger partial charge < -0.3 is 0 Å². The first kappa shape index (κ1) is 20.9. The molecule has 0 nitrogen and oxygen atoms in total. The topological polar surface area (TPSA) is 0 Å². The van der Waals surface area contributed by atoms with E-state index in [0.29, 0.717) is 5.88 Å². The summed E-state index contributed by atoms with van der Waals surface area (Å²) in [7, 11) is -0.417. The Morgan fingerprint density at radius 2 is 1.35 bits per heavy atom. The Labute approximate surface area is 163 Å². The number of alkyl halides is 1. The molecular formula is C20H26AuClP. The molecule has 0 heterocycles. The van der Waals surface area contributed by atoms with Crippen molar-refractivity contribution < 1.29 is 22.4 Å². The molecule has 2 aromatic rings. The van der Waals surface area contributed by atoms with E-state index in [1.807, 2.05) is 0 Å². The van der Waals surface area contributed by atoms with Crippen molar-refractivity contribution in [3.05, 3.63) is 54.6 Å². The van der Waals surface area contributed by atoms with Crippen LogP contribution in [-0.2, 0) is 22.4 Å². The maximum absolute atomic E-state index is 6.36. The minimum absolute atomic E-state index is 0. The van der Waals surface area contributed by atoms with Gasteiger partial charge in [0.25, 0.3) is 0 Å². The predicted octanol–water partition coefficient (Wildman–Crippen LogP) is 6.27. The third kappa shape index (κ3) is 4.94. The first-order valence-electron chi connectivity index (χ1n) is 7.78. The number of hydrogen-bond donors (Lipinski definition) is 0. The van der Waals surface area contributed by atoms with Crippen molar-refractivity contribution in [2.24, 2.45) is 0 Å². The average Bonchev–Trinajstić information content (AvgIpc) is 2.47. The molecule has 0 N–H and O–H groups in total.